The largest absolute Gasteiger partial charge is 0.490 e. The molecule has 3 atom stereocenters. The van der Waals surface area contributed by atoms with E-state index in [1.54, 1.807) is 24.7 Å². The average molecular weight is 454 g/mol. The van der Waals surface area contributed by atoms with E-state index in [0.29, 0.717) is 23.2 Å². The van der Waals surface area contributed by atoms with Crippen molar-refractivity contribution in [2.45, 2.75) is 76.2 Å². The number of piperidine rings is 1. The summed E-state index contributed by atoms with van der Waals surface area (Å²) in [5.74, 6) is 0.856. The summed E-state index contributed by atoms with van der Waals surface area (Å²) in [6.45, 7) is 3.60. The van der Waals surface area contributed by atoms with Crippen LogP contribution in [0.3, 0.4) is 0 Å². The predicted octanol–water partition coefficient (Wildman–Crippen LogP) is 4.15. The van der Waals surface area contributed by atoms with Gasteiger partial charge < -0.3 is 14.7 Å². The summed E-state index contributed by atoms with van der Waals surface area (Å²) in [4.78, 5) is 21.2. The van der Waals surface area contributed by atoms with Gasteiger partial charge in [-0.2, -0.15) is 0 Å². The van der Waals surface area contributed by atoms with Gasteiger partial charge in [-0.25, -0.2) is 4.98 Å². The van der Waals surface area contributed by atoms with Gasteiger partial charge in [0, 0.05) is 17.0 Å². The van der Waals surface area contributed by atoms with Crippen LogP contribution in [0, 0.1) is 0 Å². The molecule has 7 heteroatoms. The molecule has 5 rings (SSSR count). The highest BCUT2D eigenvalue weighted by molar-refractivity contribution is 7.18. The maximum atomic E-state index is 13.1. The standard InChI is InChI=1S/C25H31N3O3S/c1-25(2,30)11-10-21-14-22-23(32-21)24(29)28(15-26-22)16-6-8-19(9-7-16)31-20-12-17-4-5-18(13-20)27(17)3/h6-9,14-15,17-18,20,30H,4-5,10-13H2,1-3H3/t17-,18+,20+. The third-order valence-electron chi connectivity index (χ3n) is 6.94. The first-order valence-electron chi connectivity index (χ1n) is 11.5. The molecular formula is C25H31N3O3S. The van der Waals surface area contributed by atoms with E-state index in [4.69, 9.17) is 4.74 Å². The summed E-state index contributed by atoms with van der Waals surface area (Å²) >= 11 is 1.47. The van der Waals surface area contributed by atoms with Crippen LogP contribution in [-0.4, -0.2) is 50.4 Å². The van der Waals surface area contributed by atoms with E-state index < -0.39 is 5.60 Å². The first kappa shape index (κ1) is 21.6. The molecule has 0 amide bonds. The fraction of sp³-hybridized carbons (Fsp3) is 0.520. The first-order chi connectivity index (χ1) is 15.3. The van der Waals surface area contributed by atoms with E-state index in [0.717, 1.165) is 41.1 Å². The van der Waals surface area contributed by atoms with Crippen molar-refractivity contribution in [3.8, 4) is 11.4 Å². The average Bonchev–Trinajstić information content (AvgIpc) is 3.24. The number of benzene rings is 1. The maximum absolute atomic E-state index is 13.1. The highest BCUT2D eigenvalue weighted by atomic mass is 32.1. The second-order valence-electron chi connectivity index (χ2n) is 9.91. The van der Waals surface area contributed by atoms with Gasteiger partial charge in [-0.1, -0.05) is 0 Å². The lowest BCUT2D eigenvalue weighted by atomic mass is 10.0. The lowest BCUT2D eigenvalue weighted by molar-refractivity contribution is 0.0661. The topological polar surface area (TPSA) is 67.6 Å². The van der Waals surface area contributed by atoms with E-state index in [9.17, 15) is 9.90 Å². The molecule has 1 N–H and O–H groups in total. The highest BCUT2D eigenvalue weighted by Gasteiger charge is 2.39. The van der Waals surface area contributed by atoms with Crippen molar-refractivity contribution in [3.05, 3.63) is 51.9 Å². The smallest absolute Gasteiger partial charge is 0.275 e. The predicted molar refractivity (Wildman–Crippen MR) is 128 cm³/mol. The van der Waals surface area contributed by atoms with Gasteiger partial charge in [0.05, 0.1) is 16.8 Å². The van der Waals surface area contributed by atoms with Crippen molar-refractivity contribution in [2.24, 2.45) is 0 Å². The number of nitrogens with zero attached hydrogens (tertiary/aromatic N) is 3. The number of aromatic nitrogens is 2. The summed E-state index contributed by atoms with van der Waals surface area (Å²) in [5.41, 5.74) is 0.723. The molecule has 0 aliphatic carbocycles. The van der Waals surface area contributed by atoms with Gasteiger partial charge in [0.1, 0.15) is 22.9 Å². The Bertz CT molecular complexity index is 1150. The van der Waals surface area contributed by atoms with E-state index in [1.807, 2.05) is 30.3 Å². The number of rotatable bonds is 6. The molecule has 0 spiro atoms. The molecule has 0 radical (unpaired) electrons. The van der Waals surface area contributed by atoms with Crippen LogP contribution in [0.2, 0.25) is 0 Å². The minimum absolute atomic E-state index is 0.0601. The summed E-state index contributed by atoms with van der Waals surface area (Å²) in [6, 6.07) is 11.0. The number of aliphatic hydroxyl groups is 1. The Morgan fingerprint density at radius 1 is 1.19 bits per heavy atom. The van der Waals surface area contributed by atoms with Crippen LogP contribution in [0.1, 0.15) is 50.8 Å². The van der Waals surface area contributed by atoms with Crippen LogP contribution in [-0.2, 0) is 6.42 Å². The molecular weight excluding hydrogens is 422 g/mol. The monoisotopic (exact) mass is 453 g/mol. The summed E-state index contributed by atoms with van der Waals surface area (Å²) in [7, 11) is 2.24. The Kier molecular flexibility index (Phi) is 5.60. The van der Waals surface area contributed by atoms with Crippen LogP contribution in [0.5, 0.6) is 5.75 Å². The van der Waals surface area contributed by atoms with Crippen molar-refractivity contribution in [2.75, 3.05) is 7.05 Å². The molecule has 2 aliphatic heterocycles. The normalized spacial score (nSPS) is 23.7. The third kappa shape index (κ3) is 4.34. The quantitative estimate of drug-likeness (QED) is 0.607. The van der Waals surface area contributed by atoms with E-state index >= 15 is 0 Å². The Morgan fingerprint density at radius 2 is 1.88 bits per heavy atom. The Balaban J connectivity index is 1.32. The molecule has 2 aliphatic rings. The molecule has 6 nitrogen and oxygen atoms in total. The number of ether oxygens (including phenoxy) is 1. The molecule has 1 aromatic carbocycles. The molecule has 3 aromatic rings. The molecule has 4 heterocycles. The van der Waals surface area contributed by atoms with E-state index in [1.165, 1.54) is 24.2 Å². The third-order valence-corrected chi connectivity index (χ3v) is 8.12. The van der Waals surface area contributed by atoms with E-state index in [-0.39, 0.29) is 11.7 Å². The zero-order valence-corrected chi connectivity index (χ0v) is 19.8. The maximum Gasteiger partial charge on any atom is 0.275 e. The van der Waals surface area contributed by atoms with Gasteiger partial charge in [0.2, 0.25) is 0 Å². The van der Waals surface area contributed by atoms with Gasteiger partial charge in [-0.05, 0) is 89.8 Å². The van der Waals surface area contributed by atoms with Crippen LogP contribution in [0.25, 0.3) is 15.9 Å². The van der Waals surface area contributed by atoms with Crippen molar-refractivity contribution < 1.29 is 9.84 Å². The number of thiophene rings is 1. The van der Waals surface area contributed by atoms with Crippen LogP contribution >= 0.6 is 11.3 Å². The second kappa shape index (κ2) is 8.28. The van der Waals surface area contributed by atoms with Crippen molar-refractivity contribution in [1.82, 2.24) is 14.5 Å². The Labute approximate surface area is 192 Å². The zero-order chi connectivity index (χ0) is 22.5. The number of hydrogen-bond donors (Lipinski definition) is 1. The van der Waals surface area contributed by atoms with Gasteiger partial charge in [-0.3, -0.25) is 9.36 Å². The Morgan fingerprint density at radius 3 is 2.53 bits per heavy atom. The van der Waals surface area contributed by atoms with Crippen LogP contribution < -0.4 is 10.3 Å². The molecule has 32 heavy (non-hydrogen) atoms. The fourth-order valence-electron chi connectivity index (χ4n) is 5.03. The fourth-order valence-corrected chi connectivity index (χ4v) is 6.07. The molecule has 2 saturated heterocycles. The molecule has 170 valence electrons. The SMILES string of the molecule is CN1[C@@H]2CC[C@H]1C[C@@H](Oc1ccc(-n3cnc4cc(CCC(C)(C)O)sc4c3=O)cc1)C2. The molecule has 2 fully saturated rings. The molecule has 0 unspecified atom stereocenters. The van der Waals surface area contributed by atoms with E-state index in [2.05, 4.69) is 16.9 Å². The Hall–Kier alpha value is -2.22. The van der Waals surface area contributed by atoms with Crippen molar-refractivity contribution >= 4 is 21.6 Å². The molecule has 2 aromatic heterocycles. The molecule has 0 saturated carbocycles. The lowest BCUT2D eigenvalue weighted by Gasteiger charge is -2.36. The van der Waals surface area contributed by atoms with Crippen LogP contribution in [0.4, 0.5) is 0 Å². The van der Waals surface area contributed by atoms with Gasteiger partial charge in [-0.15, -0.1) is 11.3 Å². The number of aryl methyl sites for hydroxylation is 1. The van der Waals surface area contributed by atoms with Crippen LogP contribution in [0.15, 0.2) is 41.5 Å². The van der Waals surface area contributed by atoms with Gasteiger partial charge >= 0.3 is 0 Å². The number of hydrogen-bond acceptors (Lipinski definition) is 6. The van der Waals surface area contributed by atoms with Gasteiger partial charge in [0.25, 0.3) is 5.56 Å². The minimum Gasteiger partial charge on any atom is -0.490 e. The van der Waals surface area contributed by atoms with Gasteiger partial charge in [0.15, 0.2) is 0 Å². The first-order valence-corrected chi connectivity index (χ1v) is 12.3. The molecule has 2 bridgehead atoms. The lowest BCUT2D eigenvalue weighted by Crippen LogP contribution is -2.43. The summed E-state index contributed by atoms with van der Waals surface area (Å²) in [6.07, 6.45) is 7.97. The minimum atomic E-state index is -0.721. The second-order valence-corrected chi connectivity index (χ2v) is 11.1. The highest BCUT2D eigenvalue weighted by Crippen LogP contribution is 2.36. The summed E-state index contributed by atoms with van der Waals surface area (Å²) in [5, 5.41) is 9.98. The van der Waals surface area contributed by atoms with Crippen molar-refractivity contribution in [1.29, 1.82) is 0 Å². The zero-order valence-electron chi connectivity index (χ0n) is 19.0. The van der Waals surface area contributed by atoms with Crippen molar-refractivity contribution in [3.63, 3.8) is 0 Å². The number of fused-ring (bicyclic) bond motifs is 3. The summed E-state index contributed by atoms with van der Waals surface area (Å²) < 4.78 is 8.53.